The number of nitrogens with one attached hydrogen (secondary N) is 2. The number of halogens is 1. The van der Waals surface area contributed by atoms with Gasteiger partial charge < -0.3 is 25.0 Å². The van der Waals surface area contributed by atoms with E-state index in [1.165, 1.54) is 0 Å². The highest BCUT2D eigenvalue weighted by molar-refractivity contribution is 14.0. The first-order chi connectivity index (χ1) is 15.1. The average molecular weight is 553 g/mol. The van der Waals surface area contributed by atoms with Gasteiger partial charge in [-0.15, -0.1) is 24.0 Å². The molecule has 1 fully saturated rings. The van der Waals surface area contributed by atoms with Crippen molar-refractivity contribution in [3.8, 4) is 17.4 Å². The molecule has 1 aromatic carbocycles. The third-order valence-corrected chi connectivity index (χ3v) is 5.45. The predicted molar refractivity (Wildman–Crippen MR) is 140 cm³/mol. The summed E-state index contributed by atoms with van der Waals surface area (Å²) in [5.41, 5.74) is 1.06. The van der Waals surface area contributed by atoms with Crippen molar-refractivity contribution < 1.29 is 9.47 Å². The van der Waals surface area contributed by atoms with Crippen LogP contribution < -0.4 is 20.1 Å². The van der Waals surface area contributed by atoms with Crippen LogP contribution in [0.3, 0.4) is 0 Å². The van der Waals surface area contributed by atoms with E-state index < -0.39 is 0 Å². The fourth-order valence-corrected chi connectivity index (χ4v) is 3.63. The molecule has 0 atom stereocenters. The minimum absolute atomic E-state index is 0. The number of pyridine rings is 1. The van der Waals surface area contributed by atoms with Crippen LogP contribution in [0, 0.1) is 0 Å². The van der Waals surface area contributed by atoms with Crippen LogP contribution in [-0.2, 0) is 6.54 Å². The van der Waals surface area contributed by atoms with Crippen LogP contribution in [0.2, 0.25) is 0 Å². The predicted octanol–water partition coefficient (Wildman–Crippen LogP) is 4.43. The molecule has 1 aromatic heterocycles. The van der Waals surface area contributed by atoms with Gasteiger partial charge in [0.25, 0.3) is 0 Å². The molecule has 7 nitrogen and oxygen atoms in total. The van der Waals surface area contributed by atoms with E-state index in [2.05, 4.69) is 39.4 Å². The molecule has 1 aliphatic heterocycles. The Bertz CT molecular complexity index is 837. The number of hydrogen-bond acceptors (Lipinski definition) is 5. The van der Waals surface area contributed by atoms with Crippen LogP contribution in [0.1, 0.15) is 39.2 Å². The van der Waals surface area contributed by atoms with E-state index in [4.69, 9.17) is 9.47 Å². The molecule has 2 aromatic rings. The van der Waals surface area contributed by atoms with Crippen LogP contribution in [0.25, 0.3) is 0 Å². The number of guanidine groups is 1. The Kier molecular flexibility index (Phi) is 11.0. The molecule has 0 amide bonds. The lowest BCUT2D eigenvalue weighted by Gasteiger charge is -2.35. The Balaban J connectivity index is 0.00000363. The summed E-state index contributed by atoms with van der Waals surface area (Å²) in [4.78, 5) is 11.3. The topological polar surface area (TPSA) is 71.0 Å². The monoisotopic (exact) mass is 553 g/mol. The number of aliphatic imine (C=N–C) groups is 1. The summed E-state index contributed by atoms with van der Waals surface area (Å²) < 4.78 is 11.5. The molecule has 0 bridgehead atoms. The van der Waals surface area contributed by atoms with Gasteiger partial charge in [0.05, 0.1) is 6.61 Å². The van der Waals surface area contributed by atoms with Crippen molar-refractivity contribution in [2.75, 3.05) is 26.7 Å². The molecule has 2 N–H and O–H groups in total. The highest BCUT2D eigenvalue weighted by Crippen LogP contribution is 2.30. The van der Waals surface area contributed by atoms with Gasteiger partial charge in [0.2, 0.25) is 5.88 Å². The molecule has 0 radical (unpaired) electrons. The second kappa shape index (κ2) is 13.5. The Hall–Kier alpha value is -2.07. The van der Waals surface area contributed by atoms with Crippen LogP contribution in [-0.4, -0.2) is 54.7 Å². The zero-order chi connectivity index (χ0) is 22.1. The Morgan fingerprint density at radius 3 is 2.47 bits per heavy atom. The van der Waals surface area contributed by atoms with E-state index in [1.807, 2.05) is 56.6 Å². The van der Waals surface area contributed by atoms with E-state index in [9.17, 15) is 0 Å². The summed E-state index contributed by atoms with van der Waals surface area (Å²) in [5.74, 6) is 2.74. The molecule has 0 unspecified atom stereocenters. The lowest BCUT2D eigenvalue weighted by Crippen LogP contribution is -2.49. The van der Waals surface area contributed by atoms with Gasteiger partial charge in [-0.2, -0.15) is 0 Å². The quantitative estimate of drug-likeness (QED) is 0.287. The molecule has 1 saturated heterocycles. The Morgan fingerprint density at radius 2 is 1.88 bits per heavy atom. The largest absolute Gasteiger partial charge is 0.490 e. The van der Waals surface area contributed by atoms with Crippen molar-refractivity contribution >= 4 is 29.9 Å². The summed E-state index contributed by atoms with van der Waals surface area (Å²) >= 11 is 0. The highest BCUT2D eigenvalue weighted by atomic mass is 127. The van der Waals surface area contributed by atoms with Gasteiger partial charge >= 0.3 is 0 Å². The van der Waals surface area contributed by atoms with Crippen LogP contribution >= 0.6 is 24.0 Å². The van der Waals surface area contributed by atoms with Crippen molar-refractivity contribution in [1.82, 2.24) is 20.5 Å². The number of hydrogen-bond donors (Lipinski definition) is 2. The molecule has 0 spiro atoms. The van der Waals surface area contributed by atoms with Gasteiger partial charge in [-0.1, -0.05) is 18.2 Å². The summed E-state index contributed by atoms with van der Waals surface area (Å²) in [7, 11) is 1.81. The number of rotatable bonds is 8. The van der Waals surface area contributed by atoms with Gasteiger partial charge in [0.1, 0.15) is 0 Å². The standard InChI is InChI=1S/C24H35N5O2.HI/c1-5-30-21-8-6-7-9-22(21)31-23-11-10-19(16-26-23)17-27-24(25-4)28-20-12-14-29(15-13-20)18(2)3;/h6-11,16,18,20H,5,12-15,17H2,1-4H3,(H2,25,27,28);1H. The van der Waals surface area contributed by atoms with E-state index in [0.29, 0.717) is 42.6 Å². The number of piperidine rings is 1. The summed E-state index contributed by atoms with van der Waals surface area (Å²) in [5, 5.41) is 6.94. The zero-order valence-corrected chi connectivity index (χ0v) is 21.8. The molecular weight excluding hydrogens is 517 g/mol. The number of likely N-dealkylation sites (tertiary alicyclic amines) is 1. The number of para-hydroxylation sites is 2. The molecule has 32 heavy (non-hydrogen) atoms. The second-order valence-electron chi connectivity index (χ2n) is 7.96. The first-order valence-corrected chi connectivity index (χ1v) is 11.1. The molecule has 3 rings (SSSR count). The second-order valence-corrected chi connectivity index (χ2v) is 7.96. The van der Waals surface area contributed by atoms with Gasteiger partial charge in [-0.25, -0.2) is 4.98 Å². The normalized spacial score (nSPS) is 15.2. The summed E-state index contributed by atoms with van der Waals surface area (Å²) in [6, 6.07) is 12.6. The number of benzene rings is 1. The lowest BCUT2D eigenvalue weighted by atomic mass is 10.0. The lowest BCUT2D eigenvalue weighted by molar-refractivity contribution is 0.167. The minimum atomic E-state index is 0. The van der Waals surface area contributed by atoms with E-state index >= 15 is 0 Å². The van der Waals surface area contributed by atoms with E-state index in [-0.39, 0.29) is 24.0 Å². The van der Waals surface area contributed by atoms with Crippen LogP contribution in [0.15, 0.2) is 47.6 Å². The van der Waals surface area contributed by atoms with Crippen molar-refractivity contribution in [3.63, 3.8) is 0 Å². The van der Waals surface area contributed by atoms with Crippen molar-refractivity contribution in [2.45, 2.75) is 52.2 Å². The molecular formula is C24H36IN5O2. The van der Waals surface area contributed by atoms with Crippen LogP contribution in [0.4, 0.5) is 0 Å². The summed E-state index contributed by atoms with van der Waals surface area (Å²) in [6.07, 6.45) is 4.09. The van der Waals surface area contributed by atoms with Gasteiger partial charge in [-0.3, -0.25) is 4.99 Å². The maximum Gasteiger partial charge on any atom is 0.219 e. The maximum atomic E-state index is 5.89. The molecule has 1 aliphatic rings. The fraction of sp³-hybridized carbons (Fsp3) is 0.500. The Labute approximate surface area is 209 Å². The molecule has 176 valence electrons. The van der Waals surface area contributed by atoms with Crippen LogP contribution in [0.5, 0.6) is 17.4 Å². The number of nitrogens with zero attached hydrogens (tertiary/aromatic N) is 3. The molecule has 8 heteroatoms. The fourth-order valence-electron chi connectivity index (χ4n) is 3.63. The van der Waals surface area contributed by atoms with Crippen molar-refractivity contribution in [2.24, 2.45) is 4.99 Å². The number of ether oxygens (including phenoxy) is 2. The van der Waals surface area contributed by atoms with Crippen molar-refractivity contribution in [3.05, 3.63) is 48.2 Å². The van der Waals surface area contributed by atoms with Gasteiger partial charge in [-0.05, 0) is 51.3 Å². The highest BCUT2D eigenvalue weighted by Gasteiger charge is 2.21. The molecule has 0 saturated carbocycles. The minimum Gasteiger partial charge on any atom is -0.490 e. The maximum absolute atomic E-state index is 5.89. The molecule has 0 aliphatic carbocycles. The van der Waals surface area contributed by atoms with Gasteiger partial charge in [0.15, 0.2) is 17.5 Å². The smallest absolute Gasteiger partial charge is 0.219 e. The van der Waals surface area contributed by atoms with E-state index in [1.54, 1.807) is 0 Å². The SMILES string of the molecule is CCOc1ccccc1Oc1ccc(CNC(=NC)NC2CCN(C(C)C)CC2)cn1.I. The first kappa shape index (κ1) is 26.2. The van der Waals surface area contributed by atoms with Gasteiger partial charge in [0, 0.05) is 51.0 Å². The number of aromatic nitrogens is 1. The van der Waals surface area contributed by atoms with Crippen molar-refractivity contribution in [1.29, 1.82) is 0 Å². The molecule has 2 heterocycles. The average Bonchev–Trinajstić information content (AvgIpc) is 2.79. The zero-order valence-electron chi connectivity index (χ0n) is 19.5. The van der Waals surface area contributed by atoms with E-state index in [0.717, 1.165) is 37.5 Å². The summed E-state index contributed by atoms with van der Waals surface area (Å²) in [6.45, 7) is 9.97. The third kappa shape index (κ3) is 7.81. The Morgan fingerprint density at radius 1 is 1.16 bits per heavy atom. The first-order valence-electron chi connectivity index (χ1n) is 11.1. The third-order valence-electron chi connectivity index (χ3n) is 5.45.